The third-order valence-electron chi connectivity index (χ3n) is 3.42. The van der Waals surface area contributed by atoms with Crippen molar-refractivity contribution in [3.05, 3.63) is 29.3 Å². The van der Waals surface area contributed by atoms with Crippen LogP contribution in [0.1, 0.15) is 36.1 Å². The molecule has 2 heterocycles. The fourth-order valence-electron chi connectivity index (χ4n) is 2.27. The molecule has 0 aliphatic carbocycles. The van der Waals surface area contributed by atoms with Crippen LogP contribution in [0, 0.1) is 12.8 Å². The fraction of sp³-hybridized carbons (Fsp3) is 0.471. The lowest BCUT2D eigenvalue weighted by Gasteiger charge is -2.11. The molecule has 1 N–H and O–H groups in total. The maximum atomic E-state index is 12.3. The average Bonchev–Trinajstić information content (AvgIpc) is 3.06. The summed E-state index contributed by atoms with van der Waals surface area (Å²) in [6, 6.07) is 1.79. The predicted molar refractivity (Wildman–Crippen MR) is 95.3 cm³/mol. The lowest BCUT2D eigenvalue weighted by atomic mass is 10.2. The minimum atomic E-state index is -0.851. The molecule has 0 aliphatic rings. The molecule has 0 radical (unpaired) electrons. The van der Waals surface area contributed by atoms with Crippen molar-refractivity contribution in [2.24, 2.45) is 5.92 Å². The van der Waals surface area contributed by atoms with Gasteiger partial charge in [0, 0.05) is 18.5 Å². The zero-order valence-electron chi connectivity index (χ0n) is 14.5. The normalized spacial score (nSPS) is 12.4. The van der Waals surface area contributed by atoms with Crippen molar-refractivity contribution < 1.29 is 14.3 Å². The van der Waals surface area contributed by atoms with Gasteiger partial charge in [-0.2, -0.15) is 5.10 Å². The summed E-state index contributed by atoms with van der Waals surface area (Å²) < 4.78 is 7.18. The molecule has 0 saturated heterocycles. The zero-order valence-corrected chi connectivity index (χ0v) is 15.3. The molecule has 2 aromatic rings. The van der Waals surface area contributed by atoms with Gasteiger partial charge in [0.25, 0.3) is 5.91 Å². The standard InChI is InChI=1S/C17H23N3O3S/c1-6-7-18-15(21)12(5)23-17(22)14-8-13-11(4)19-20(9-10(2)3)16(13)24-14/h6,8,10,12H,1,7,9H2,2-5H3,(H,18,21). The van der Waals surface area contributed by atoms with E-state index in [2.05, 4.69) is 30.8 Å². The van der Waals surface area contributed by atoms with Crippen molar-refractivity contribution in [2.45, 2.75) is 40.3 Å². The summed E-state index contributed by atoms with van der Waals surface area (Å²) >= 11 is 1.34. The van der Waals surface area contributed by atoms with Gasteiger partial charge < -0.3 is 10.1 Å². The number of carbonyl (C=O) groups excluding carboxylic acids is 2. The van der Waals surface area contributed by atoms with Crippen LogP contribution in [-0.4, -0.2) is 34.3 Å². The van der Waals surface area contributed by atoms with Crippen LogP contribution < -0.4 is 5.32 Å². The Morgan fingerprint density at radius 2 is 2.17 bits per heavy atom. The number of thiophene rings is 1. The van der Waals surface area contributed by atoms with Gasteiger partial charge >= 0.3 is 5.97 Å². The first-order valence-corrected chi connectivity index (χ1v) is 8.71. The van der Waals surface area contributed by atoms with Gasteiger partial charge in [0.1, 0.15) is 9.71 Å². The minimum Gasteiger partial charge on any atom is -0.448 e. The van der Waals surface area contributed by atoms with Crippen LogP contribution in [0.5, 0.6) is 0 Å². The molecule has 2 aromatic heterocycles. The lowest BCUT2D eigenvalue weighted by Crippen LogP contribution is -2.35. The number of rotatable bonds is 7. The number of nitrogens with one attached hydrogen (secondary N) is 1. The Bertz CT molecular complexity index is 761. The van der Waals surface area contributed by atoms with E-state index in [1.165, 1.54) is 11.3 Å². The third-order valence-corrected chi connectivity index (χ3v) is 4.55. The molecule has 0 saturated carbocycles. The average molecular weight is 349 g/mol. The number of carbonyl (C=O) groups is 2. The number of nitrogens with zero attached hydrogens (tertiary/aromatic N) is 2. The van der Waals surface area contributed by atoms with Gasteiger partial charge in [-0.25, -0.2) is 4.79 Å². The van der Waals surface area contributed by atoms with E-state index in [-0.39, 0.29) is 5.91 Å². The highest BCUT2D eigenvalue weighted by Gasteiger charge is 2.22. The molecule has 1 unspecified atom stereocenters. The second-order valence-electron chi connectivity index (χ2n) is 6.07. The van der Waals surface area contributed by atoms with Crippen LogP contribution >= 0.6 is 11.3 Å². The summed E-state index contributed by atoms with van der Waals surface area (Å²) in [5.74, 6) is -0.377. The van der Waals surface area contributed by atoms with E-state index in [1.807, 2.05) is 11.6 Å². The van der Waals surface area contributed by atoms with Crippen LogP contribution in [0.4, 0.5) is 0 Å². The summed E-state index contributed by atoms with van der Waals surface area (Å²) in [5.41, 5.74) is 0.887. The smallest absolute Gasteiger partial charge is 0.349 e. The van der Waals surface area contributed by atoms with Gasteiger partial charge in [0.2, 0.25) is 0 Å². The SMILES string of the molecule is C=CCNC(=O)C(C)OC(=O)c1cc2c(C)nn(CC(C)C)c2s1. The first-order valence-electron chi connectivity index (χ1n) is 7.90. The van der Waals surface area contributed by atoms with Crippen LogP contribution in [0.15, 0.2) is 18.7 Å². The van der Waals surface area contributed by atoms with E-state index in [0.29, 0.717) is 17.3 Å². The van der Waals surface area contributed by atoms with E-state index in [1.54, 1.807) is 19.1 Å². The van der Waals surface area contributed by atoms with Crippen molar-refractivity contribution >= 4 is 33.4 Å². The molecular formula is C17H23N3O3S. The molecule has 1 amide bonds. The topological polar surface area (TPSA) is 73.2 Å². The molecule has 2 rings (SSSR count). The first kappa shape index (κ1) is 18.2. The van der Waals surface area contributed by atoms with Gasteiger partial charge in [0.05, 0.1) is 5.69 Å². The van der Waals surface area contributed by atoms with Crippen molar-refractivity contribution in [1.29, 1.82) is 0 Å². The number of aromatic nitrogens is 2. The molecule has 0 aromatic carbocycles. The second kappa shape index (κ2) is 7.61. The van der Waals surface area contributed by atoms with Gasteiger partial charge in [-0.3, -0.25) is 9.48 Å². The van der Waals surface area contributed by atoms with Crippen molar-refractivity contribution in [3.8, 4) is 0 Å². The number of hydrogen-bond donors (Lipinski definition) is 1. The summed E-state index contributed by atoms with van der Waals surface area (Å²) in [6.07, 6.45) is 0.720. The quantitative estimate of drug-likeness (QED) is 0.616. The van der Waals surface area contributed by atoms with E-state index >= 15 is 0 Å². The Kier molecular flexibility index (Phi) is 5.77. The van der Waals surface area contributed by atoms with Crippen LogP contribution in [0.3, 0.4) is 0 Å². The van der Waals surface area contributed by atoms with Crippen molar-refractivity contribution in [2.75, 3.05) is 6.54 Å². The Labute approximate surface area is 145 Å². The second-order valence-corrected chi connectivity index (χ2v) is 7.10. The van der Waals surface area contributed by atoms with E-state index < -0.39 is 12.1 Å². The van der Waals surface area contributed by atoms with Crippen molar-refractivity contribution in [3.63, 3.8) is 0 Å². The van der Waals surface area contributed by atoms with E-state index in [0.717, 1.165) is 22.5 Å². The Morgan fingerprint density at radius 1 is 1.46 bits per heavy atom. The minimum absolute atomic E-state index is 0.341. The van der Waals surface area contributed by atoms with Gasteiger partial charge in [-0.1, -0.05) is 19.9 Å². The van der Waals surface area contributed by atoms with Crippen LogP contribution in [-0.2, 0) is 16.1 Å². The van der Waals surface area contributed by atoms with Crippen LogP contribution in [0.2, 0.25) is 0 Å². The molecule has 1 atom stereocenters. The molecule has 7 heteroatoms. The first-order chi connectivity index (χ1) is 11.3. The molecule has 6 nitrogen and oxygen atoms in total. The number of fused-ring (bicyclic) bond motifs is 1. The number of aryl methyl sites for hydroxylation is 1. The van der Waals surface area contributed by atoms with E-state index in [9.17, 15) is 9.59 Å². The molecule has 0 bridgehead atoms. The Morgan fingerprint density at radius 3 is 2.79 bits per heavy atom. The Hall–Kier alpha value is -2.15. The maximum Gasteiger partial charge on any atom is 0.349 e. The molecule has 0 aliphatic heterocycles. The lowest BCUT2D eigenvalue weighted by molar-refractivity contribution is -0.128. The predicted octanol–water partition coefficient (Wildman–Crippen LogP) is 2.91. The molecular weight excluding hydrogens is 326 g/mol. The molecule has 24 heavy (non-hydrogen) atoms. The summed E-state index contributed by atoms with van der Waals surface area (Å²) in [7, 11) is 0. The van der Waals surface area contributed by atoms with Crippen LogP contribution in [0.25, 0.3) is 10.2 Å². The number of esters is 1. The van der Waals surface area contributed by atoms with Gasteiger partial charge in [-0.05, 0) is 25.8 Å². The zero-order chi connectivity index (χ0) is 17.9. The highest BCUT2D eigenvalue weighted by Crippen LogP contribution is 2.29. The monoisotopic (exact) mass is 349 g/mol. The summed E-state index contributed by atoms with van der Waals surface area (Å²) in [6.45, 7) is 12.4. The fourth-order valence-corrected chi connectivity index (χ4v) is 3.33. The van der Waals surface area contributed by atoms with E-state index in [4.69, 9.17) is 4.74 Å². The number of amides is 1. The number of hydrogen-bond acceptors (Lipinski definition) is 5. The highest BCUT2D eigenvalue weighted by molar-refractivity contribution is 7.20. The maximum absolute atomic E-state index is 12.3. The third kappa shape index (κ3) is 4.03. The Balaban J connectivity index is 2.15. The van der Waals surface area contributed by atoms with Gasteiger partial charge in [-0.15, -0.1) is 17.9 Å². The van der Waals surface area contributed by atoms with Gasteiger partial charge in [0.15, 0.2) is 6.10 Å². The highest BCUT2D eigenvalue weighted by atomic mass is 32.1. The molecule has 0 fully saturated rings. The molecule has 130 valence electrons. The summed E-state index contributed by atoms with van der Waals surface area (Å²) in [4.78, 5) is 25.5. The summed E-state index contributed by atoms with van der Waals surface area (Å²) in [5, 5.41) is 8.08. The largest absolute Gasteiger partial charge is 0.448 e. The van der Waals surface area contributed by atoms with Crippen molar-refractivity contribution in [1.82, 2.24) is 15.1 Å². The number of ether oxygens (including phenoxy) is 1. The molecule has 0 spiro atoms.